The second kappa shape index (κ2) is 3.53. The number of halogens is 1. The summed E-state index contributed by atoms with van der Waals surface area (Å²) in [5.74, 6) is 0.844. The number of anilines is 1. The van der Waals surface area contributed by atoms with Gasteiger partial charge >= 0.3 is 0 Å². The van der Waals surface area contributed by atoms with E-state index in [0.29, 0.717) is 5.15 Å². The van der Waals surface area contributed by atoms with Crippen LogP contribution in [0, 0.1) is 0 Å². The van der Waals surface area contributed by atoms with Crippen molar-refractivity contribution < 1.29 is 0 Å². The number of rotatable bonds is 2. The molecule has 0 saturated carbocycles. The maximum absolute atomic E-state index is 5.57. The van der Waals surface area contributed by atoms with Crippen molar-refractivity contribution in [2.75, 3.05) is 18.5 Å². The topological polar surface area (TPSA) is 29.0 Å². The van der Waals surface area contributed by atoms with Crippen molar-refractivity contribution in [3.63, 3.8) is 0 Å². The first-order valence-electron chi connectivity index (χ1n) is 3.44. The van der Waals surface area contributed by atoms with E-state index in [4.69, 9.17) is 11.6 Å². The van der Waals surface area contributed by atoms with Crippen LogP contribution in [0.1, 0.15) is 6.92 Å². The fourth-order valence-corrected chi connectivity index (χ4v) is 0.775. The molecule has 0 aliphatic rings. The second-order valence-corrected chi connectivity index (χ2v) is 2.62. The zero-order chi connectivity index (χ0) is 8.27. The SMILES string of the molecule is CCN(C)c1ccc(Cl)nn1. The average Bonchev–Trinajstić information content (AvgIpc) is 2.05. The lowest BCUT2D eigenvalue weighted by Gasteiger charge is -2.13. The molecule has 0 amide bonds. The summed E-state index contributed by atoms with van der Waals surface area (Å²) in [6.45, 7) is 2.96. The van der Waals surface area contributed by atoms with E-state index < -0.39 is 0 Å². The van der Waals surface area contributed by atoms with Crippen LogP contribution in [-0.2, 0) is 0 Å². The Bertz CT molecular complexity index is 222. The summed E-state index contributed by atoms with van der Waals surface area (Å²) in [7, 11) is 1.96. The lowest BCUT2D eigenvalue weighted by Crippen LogP contribution is -2.17. The summed E-state index contributed by atoms with van der Waals surface area (Å²) in [6.07, 6.45) is 0. The molecule has 0 unspecified atom stereocenters. The second-order valence-electron chi connectivity index (χ2n) is 2.23. The quantitative estimate of drug-likeness (QED) is 0.677. The van der Waals surface area contributed by atoms with Gasteiger partial charge in [-0.3, -0.25) is 0 Å². The van der Waals surface area contributed by atoms with Gasteiger partial charge in [-0.1, -0.05) is 11.6 Å². The molecule has 0 atom stereocenters. The number of hydrogen-bond acceptors (Lipinski definition) is 3. The maximum Gasteiger partial charge on any atom is 0.151 e. The molecule has 1 heterocycles. The van der Waals surface area contributed by atoms with Gasteiger partial charge in [-0.15, -0.1) is 10.2 Å². The van der Waals surface area contributed by atoms with Gasteiger partial charge in [-0.05, 0) is 19.1 Å². The predicted molar refractivity (Wildman–Crippen MR) is 46.0 cm³/mol. The fraction of sp³-hybridized carbons (Fsp3) is 0.429. The van der Waals surface area contributed by atoms with Gasteiger partial charge in [-0.2, -0.15) is 0 Å². The maximum atomic E-state index is 5.57. The summed E-state index contributed by atoms with van der Waals surface area (Å²) in [6, 6.07) is 3.58. The molecular formula is C7H10ClN3. The largest absolute Gasteiger partial charge is 0.358 e. The van der Waals surface area contributed by atoms with Crippen molar-refractivity contribution in [1.29, 1.82) is 0 Å². The molecule has 1 aromatic heterocycles. The summed E-state index contributed by atoms with van der Waals surface area (Å²) < 4.78 is 0. The summed E-state index contributed by atoms with van der Waals surface area (Å²) >= 11 is 5.57. The third-order valence-electron chi connectivity index (χ3n) is 1.48. The molecule has 0 aliphatic heterocycles. The molecule has 0 radical (unpaired) electrons. The first-order valence-corrected chi connectivity index (χ1v) is 3.82. The molecule has 0 spiro atoms. The van der Waals surface area contributed by atoms with E-state index in [-0.39, 0.29) is 0 Å². The molecular weight excluding hydrogens is 162 g/mol. The monoisotopic (exact) mass is 171 g/mol. The van der Waals surface area contributed by atoms with Crippen LogP contribution in [0.25, 0.3) is 0 Å². The van der Waals surface area contributed by atoms with E-state index in [0.717, 1.165) is 12.4 Å². The lowest BCUT2D eigenvalue weighted by atomic mass is 10.5. The normalized spacial score (nSPS) is 9.73. The first kappa shape index (κ1) is 8.27. The van der Waals surface area contributed by atoms with Crippen LogP contribution < -0.4 is 4.90 Å². The summed E-state index contributed by atoms with van der Waals surface area (Å²) in [4.78, 5) is 1.99. The third-order valence-corrected chi connectivity index (χ3v) is 1.68. The van der Waals surface area contributed by atoms with E-state index in [2.05, 4.69) is 17.1 Å². The lowest BCUT2D eigenvalue weighted by molar-refractivity contribution is 0.896. The number of nitrogens with zero attached hydrogens (tertiary/aromatic N) is 3. The molecule has 0 saturated heterocycles. The summed E-state index contributed by atoms with van der Waals surface area (Å²) in [5, 5.41) is 8.04. The minimum absolute atomic E-state index is 0.429. The van der Waals surface area contributed by atoms with Gasteiger partial charge in [0.1, 0.15) is 0 Å². The van der Waals surface area contributed by atoms with Gasteiger partial charge in [0, 0.05) is 13.6 Å². The van der Waals surface area contributed by atoms with Crippen LogP contribution in [0.5, 0.6) is 0 Å². The third kappa shape index (κ3) is 2.05. The molecule has 4 heteroatoms. The Morgan fingerprint density at radius 2 is 2.18 bits per heavy atom. The van der Waals surface area contributed by atoms with Crippen LogP contribution in [-0.4, -0.2) is 23.8 Å². The minimum Gasteiger partial charge on any atom is -0.358 e. The highest BCUT2D eigenvalue weighted by molar-refractivity contribution is 6.29. The fourth-order valence-electron chi connectivity index (χ4n) is 0.675. The predicted octanol–water partition coefficient (Wildman–Crippen LogP) is 1.59. The molecule has 0 aliphatic carbocycles. The van der Waals surface area contributed by atoms with Gasteiger partial charge in [0.05, 0.1) is 0 Å². The first-order chi connectivity index (χ1) is 5.24. The van der Waals surface area contributed by atoms with Crippen LogP contribution in [0.2, 0.25) is 5.15 Å². The Balaban J connectivity index is 2.81. The van der Waals surface area contributed by atoms with Crippen molar-refractivity contribution in [2.24, 2.45) is 0 Å². The molecule has 0 fully saturated rings. The zero-order valence-electron chi connectivity index (χ0n) is 6.58. The molecule has 3 nitrogen and oxygen atoms in total. The zero-order valence-corrected chi connectivity index (χ0v) is 7.34. The molecule has 11 heavy (non-hydrogen) atoms. The van der Waals surface area contributed by atoms with Gasteiger partial charge in [0.25, 0.3) is 0 Å². The minimum atomic E-state index is 0.429. The average molecular weight is 172 g/mol. The van der Waals surface area contributed by atoms with Crippen molar-refractivity contribution >= 4 is 17.4 Å². The molecule has 0 N–H and O–H groups in total. The Labute approximate surface area is 71.0 Å². The number of hydrogen-bond donors (Lipinski definition) is 0. The van der Waals surface area contributed by atoms with E-state index in [1.807, 2.05) is 18.0 Å². The van der Waals surface area contributed by atoms with Crippen molar-refractivity contribution in [1.82, 2.24) is 10.2 Å². The van der Waals surface area contributed by atoms with Gasteiger partial charge in [0.2, 0.25) is 0 Å². The van der Waals surface area contributed by atoms with Crippen LogP contribution >= 0.6 is 11.6 Å². The van der Waals surface area contributed by atoms with Gasteiger partial charge in [-0.25, -0.2) is 0 Å². The summed E-state index contributed by atoms with van der Waals surface area (Å²) in [5.41, 5.74) is 0. The molecule has 0 bridgehead atoms. The van der Waals surface area contributed by atoms with Crippen molar-refractivity contribution in [3.05, 3.63) is 17.3 Å². The van der Waals surface area contributed by atoms with E-state index in [1.165, 1.54) is 0 Å². The Morgan fingerprint density at radius 1 is 1.45 bits per heavy atom. The van der Waals surface area contributed by atoms with E-state index >= 15 is 0 Å². The van der Waals surface area contributed by atoms with Crippen LogP contribution in [0.15, 0.2) is 12.1 Å². The Kier molecular flexibility index (Phi) is 2.65. The molecule has 0 aromatic carbocycles. The van der Waals surface area contributed by atoms with E-state index in [9.17, 15) is 0 Å². The molecule has 1 rings (SSSR count). The standard InChI is InChI=1S/C7H10ClN3/c1-3-11(2)7-5-4-6(8)9-10-7/h4-5H,3H2,1-2H3. The van der Waals surface area contributed by atoms with Crippen LogP contribution in [0.4, 0.5) is 5.82 Å². The highest BCUT2D eigenvalue weighted by Gasteiger charge is 1.98. The van der Waals surface area contributed by atoms with Gasteiger partial charge < -0.3 is 4.90 Å². The van der Waals surface area contributed by atoms with Crippen molar-refractivity contribution in [2.45, 2.75) is 6.92 Å². The van der Waals surface area contributed by atoms with Crippen LogP contribution in [0.3, 0.4) is 0 Å². The highest BCUT2D eigenvalue weighted by Crippen LogP contribution is 2.08. The smallest absolute Gasteiger partial charge is 0.151 e. The van der Waals surface area contributed by atoms with Crippen molar-refractivity contribution in [3.8, 4) is 0 Å². The van der Waals surface area contributed by atoms with E-state index in [1.54, 1.807) is 6.07 Å². The Morgan fingerprint density at radius 3 is 2.64 bits per heavy atom. The Hall–Kier alpha value is -0.830. The number of aromatic nitrogens is 2. The molecule has 1 aromatic rings. The van der Waals surface area contributed by atoms with Gasteiger partial charge in [0.15, 0.2) is 11.0 Å². The molecule has 60 valence electrons. The highest BCUT2D eigenvalue weighted by atomic mass is 35.5.